The Kier molecular flexibility index (Phi) is 7.19. The van der Waals surface area contributed by atoms with Crippen LogP contribution in [0.4, 0.5) is 4.39 Å². The van der Waals surface area contributed by atoms with Crippen molar-refractivity contribution in [1.29, 1.82) is 0 Å². The molecule has 0 amide bonds. The SMILES string of the molecule is CN=C(NCc1ccc(-n2ccnc2)c(F)c1)NCC1(N2CCOCC2)CCCCC1. The third kappa shape index (κ3) is 5.25. The molecular weight excluding hydrogens is 395 g/mol. The lowest BCUT2D eigenvalue weighted by Gasteiger charge is -2.48. The molecule has 0 radical (unpaired) electrons. The van der Waals surface area contributed by atoms with Crippen molar-refractivity contribution in [3.63, 3.8) is 0 Å². The Morgan fingerprint density at radius 2 is 2.00 bits per heavy atom. The van der Waals surface area contributed by atoms with Gasteiger partial charge in [-0.3, -0.25) is 9.89 Å². The largest absolute Gasteiger partial charge is 0.379 e. The summed E-state index contributed by atoms with van der Waals surface area (Å²) in [4.78, 5) is 11.0. The van der Waals surface area contributed by atoms with Crippen LogP contribution in [0.25, 0.3) is 5.69 Å². The second-order valence-corrected chi connectivity index (χ2v) is 8.42. The van der Waals surface area contributed by atoms with Crippen LogP contribution in [0.2, 0.25) is 0 Å². The van der Waals surface area contributed by atoms with Gasteiger partial charge in [-0.1, -0.05) is 25.3 Å². The Bertz CT molecular complexity index is 857. The lowest BCUT2D eigenvalue weighted by molar-refractivity contribution is -0.0352. The second kappa shape index (κ2) is 10.2. The number of aromatic nitrogens is 2. The highest BCUT2D eigenvalue weighted by Gasteiger charge is 2.38. The minimum Gasteiger partial charge on any atom is -0.379 e. The number of imidazole rings is 1. The molecule has 1 aliphatic carbocycles. The van der Waals surface area contributed by atoms with Crippen molar-refractivity contribution >= 4 is 5.96 Å². The van der Waals surface area contributed by atoms with Crippen LogP contribution in [0.5, 0.6) is 0 Å². The maximum Gasteiger partial charge on any atom is 0.191 e. The van der Waals surface area contributed by atoms with E-state index in [-0.39, 0.29) is 11.4 Å². The van der Waals surface area contributed by atoms with E-state index >= 15 is 0 Å². The molecule has 31 heavy (non-hydrogen) atoms. The zero-order valence-electron chi connectivity index (χ0n) is 18.3. The number of nitrogens with zero attached hydrogens (tertiary/aromatic N) is 4. The summed E-state index contributed by atoms with van der Waals surface area (Å²) >= 11 is 0. The average Bonchev–Trinajstić information content (AvgIpc) is 3.35. The molecule has 0 spiro atoms. The molecular formula is C23H33FN6O. The van der Waals surface area contributed by atoms with Crippen LogP contribution < -0.4 is 10.6 Å². The number of aliphatic imine (C=N–C) groups is 1. The predicted octanol–water partition coefficient (Wildman–Crippen LogP) is 2.71. The summed E-state index contributed by atoms with van der Waals surface area (Å²) in [5, 5.41) is 6.88. The van der Waals surface area contributed by atoms with Crippen molar-refractivity contribution in [2.75, 3.05) is 39.9 Å². The van der Waals surface area contributed by atoms with E-state index in [2.05, 4.69) is 25.5 Å². The average molecular weight is 429 g/mol. The highest BCUT2D eigenvalue weighted by atomic mass is 19.1. The quantitative estimate of drug-likeness (QED) is 0.547. The predicted molar refractivity (Wildman–Crippen MR) is 120 cm³/mol. The van der Waals surface area contributed by atoms with Gasteiger partial charge >= 0.3 is 0 Å². The first-order chi connectivity index (χ1) is 15.2. The van der Waals surface area contributed by atoms with Crippen molar-refractivity contribution in [3.8, 4) is 5.69 Å². The summed E-state index contributed by atoms with van der Waals surface area (Å²) in [6, 6.07) is 5.26. The van der Waals surface area contributed by atoms with Gasteiger partial charge in [0, 0.05) is 51.2 Å². The first-order valence-corrected chi connectivity index (χ1v) is 11.2. The monoisotopic (exact) mass is 428 g/mol. The number of hydrogen-bond acceptors (Lipinski definition) is 4. The fourth-order valence-electron chi connectivity index (χ4n) is 4.78. The fourth-order valence-corrected chi connectivity index (χ4v) is 4.78. The molecule has 1 saturated heterocycles. The van der Waals surface area contributed by atoms with E-state index in [4.69, 9.17) is 4.74 Å². The summed E-state index contributed by atoms with van der Waals surface area (Å²) in [6.07, 6.45) is 11.2. The molecule has 1 aromatic carbocycles. The van der Waals surface area contributed by atoms with Crippen LogP contribution in [0.15, 0.2) is 41.9 Å². The zero-order chi connectivity index (χ0) is 21.5. The number of halogens is 1. The number of rotatable bonds is 6. The molecule has 0 unspecified atom stereocenters. The Morgan fingerprint density at radius 1 is 1.19 bits per heavy atom. The van der Waals surface area contributed by atoms with Crippen LogP contribution in [0.3, 0.4) is 0 Å². The Labute approximate surface area is 183 Å². The van der Waals surface area contributed by atoms with Crippen molar-refractivity contribution in [3.05, 3.63) is 48.3 Å². The Balaban J connectivity index is 1.35. The molecule has 0 bridgehead atoms. The minimum atomic E-state index is -0.270. The number of morpholine rings is 1. The molecule has 2 N–H and O–H groups in total. The summed E-state index contributed by atoms with van der Waals surface area (Å²) in [5.74, 6) is 0.478. The topological polar surface area (TPSA) is 66.7 Å². The lowest BCUT2D eigenvalue weighted by Crippen LogP contribution is -2.60. The van der Waals surface area contributed by atoms with Crippen LogP contribution in [-0.2, 0) is 11.3 Å². The van der Waals surface area contributed by atoms with E-state index in [9.17, 15) is 4.39 Å². The van der Waals surface area contributed by atoms with Gasteiger partial charge < -0.3 is 19.9 Å². The fraction of sp³-hybridized carbons (Fsp3) is 0.565. The summed E-state index contributed by atoms with van der Waals surface area (Å²) < 4.78 is 21.8. The van der Waals surface area contributed by atoms with E-state index in [1.54, 1.807) is 42.5 Å². The van der Waals surface area contributed by atoms with Crippen LogP contribution in [0, 0.1) is 5.82 Å². The van der Waals surface area contributed by atoms with Gasteiger partial charge in [0.1, 0.15) is 5.82 Å². The number of nitrogens with one attached hydrogen (secondary N) is 2. The number of guanidine groups is 1. The second-order valence-electron chi connectivity index (χ2n) is 8.42. The lowest BCUT2D eigenvalue weighted by atomic mass is 9.80. The number of ether oxygens (including phenoxy) is 1. The summed E-state index contributed by atoms with van der Waals surface area (Å²) in [5.41, 5.74) is 1.52. The Hall–Kier alpha value is -2.45. The van der Waals surface area contributed by atoms with Crippen LogP contribution in [-0.4, -0.2) is 65.8 Å². The van der Waals surface area contributed by atoms with Gasteiger partial charge in [0.15, 0.2) is 5.96 Å². The normalized spacial score (nSPS) is 19.9. The first-order valence-electron chi connectivity index (χ1n) is 11.2. The maximum absolute atomic E-state index is 14.5. The Morgan fingerprint density at radius 3 is 2.68 bits per heavy atom. The van der Waals surface area contributed by atoms with Crippen molar-refractivity contribution < 1.29 is 9.13 Å². The molecule has 2 heterocycles. The maximum atomic E-state index is 14.5. The number of benzene rings is 1. The molecule has 2 aromatic rings. The van der Waals surface area contributed by atoms with Gasteiger partial charge in [-0.15, -0.1) is 0 Å². The van der Waals surface area contributed by atoms with Gasteiger partial charge in [-0.2, -0.15) is 0 Å². The molecule has 2 fully saturated rings. The molecule has 168 valence electrons. The summed E-state index contributed by atoms with van der Waals surface area (Å²) in [7, 11) is 1.78. The summed E-state index contributed by atoms with van der Waals surface area (Å²) in [6.45, 7) is 4.99. The molecule has 1 aliphatic heterocycles. The highest BCUT2D eigenvalue weighted by Crippen LogP contribution is 2.33. The third-order valence-corrected chi connectivity index (χ3v) is 6.53. The molecule has 1 saturated carbocycles. The van der Waals surface area contributed by atoms with Gasteiger partial charge in [0.25, 0.3) is 0 Å². The van der Waals surface area contributed by atoms with Crippen molar-refractivity contribution in [2.24, 2.45) is 4.99 Å². The highest BCUT2D eigenvalue weighted by molar-refractivity contribution is 5.79. The molecule has 7 nitrogen and oxygen atoms in total. The minimum absolute atomic E-state index is 0.165. The van der Waals surface area contributed by atoms with Crippen molar-refractivity contribution in [1.82, 2.24) is 25.1 Å². The van der Waals surface area contributed by atoms with Crippen LogP contribution in [0.1, 0.15) is 37.7 Å². The molecule has 0 atom stereocenters. The smallest absolute Gasteiger partial charge is 0.191 e. The van der Waals surface area contributed by atoms with E-state index in [0.717, 1.165) is 44.4 Å². The van der Waals surface area contributed by atoms with Gasteiger partial charge in [-0.25, -0.2) is 9.37 Å². The first kappa shape index (κ1) is 21.8. The van der Waals surface area contributed by atoms with Crippen molar-refractivity contribution in [2.45, 2.75) is 44.2 Å². The standard InChI is InChI=1S/C23H33FN6O/c1-25-22(27-16-19-5-6-21(20(24)15-19)29-10-9-26-18-29)28-17-23(7-3-2-4-8-23)30-11-13-31-14-12-30/h5-6,9-10,15,18H,2-4,7-8,11-14,16-17H2,1H3,(H2,25,27,28). The van der Waals surface area contributed by atoms with Gasteiger partial charge in [0.05, 0.1) is 25.2 Å². The van der Waals surface area contributed by atoms with Gasteiger partial charge in [0.2, 0.25) is 0 Å². The molecule has 4 rings (SSSR count). The third-order valence-electron chi connectivity index (χ3n) is 6.53. The molecule has 2 aliphatic rings. The zero-order valence-corrected chi connectivity index (χ0v) is 18.3. The van der Waals surface area contributed by atoms with Gasteiger partial charge in [-0.05, 0) is 30.5 Å². The van der Waals surface area contributed by atoms with Crippen LogP contribution >= 0.6 is 0 Å². The molecule has 1 aromatic heterocycles. The van der Waals surface area contributed by atoms with E-state index in [1.807, 2.05) is 6.07 Å². The van der Waals surface area contributed by atoms with E-state index < -0.39 is 0 Å². The number of hydrogen-bond donors (Lipinski definition) is 2. The van der Waals surface area contributed by atoms with E-state index in [1.165, 1.54) is 32.1 Å². The van der Waals surface area contributed by atoms with E-state index in [0.29, 0.717) is 12.2 Å². The molecule has 8 heteroatoms.